The molecule has 5 heteroatoms. The van der Waals surface area contributed by atoms with Gasteiger partial charge in [0, 0.05) is 18.6 Å². The molecule has 2 amide bonds. The van der Waals surface area contributed by atoms with Crippen LogP contribution in [0.25, 0.3) is 0 Å². The molecule has 1 heterocycles. The van der Waals surface area contributed by atoms with Crippen molar-refractivity contribution in [3.63, 3.8) is 0 Å². The number of nitrogens with zero attached hydrogens (tertiary/aromatic N) is 2. The number of ether oxygens (including phenoxy) is 1. The molecular formula is C17H33N3O2. The predicted molar refractivity (Wildman–Crippen MR) is 89.1 cm³/mol. The standard InChI is InChI=1S/C17H33N3O2/c1-14-7-6-8-17(11-14,19(4)5)12-18-15(21)20-9-10-22-16(2,3)13-20/h14H,6-13H2,1-5H3,(H,18,21)/t14-,17-/m0/s1. The highest BCUT2D eigenvalue weighted by Crippen LogP contribution is 2.35. The lowest BCUT2D eigenvalue weighted by Crippen LogP contribution is -2.59. The molecule has 1 saturated heterocycles. The third-order valence-electron chi connectivity index (χ3n) is 5.30. The van der Waals surface area contributed by atoms with Crippen molar-refractivity contribution in [2.24, 2.45) is 5.92 Å². The molecule has 0 aromatic carbocycles. The summed E-state index contributed by atoms with van der Waals surface area (Å²) in [5.74, 6) is 0.732. The summed E-state index contributed by atoms with van der Waals surface area (Å²) in [6.45, 7) is 9.10. The van der Waals surface area contributed by atoms with Crippen LogP contribution in [0.15, 0.2) is 0 Å². The van der Waals surface area contributed by atoms with E-state index in [0.717, 1.165) is 18.9 Å². The Labute approximate surface area is 135 Å². The van der Waals surface area contributed by atoms with Gasteiger partial charge in [0.15, 0.2) is 0 Å². The van der Waals surface area contributed by atoms with Crippen LogP contribution in [0.1, 0.15) is 46.5 Å². The minimum Gasteiger partial charge on any atom is -0.372 e. The van der Waals surface area contributed by atoms with E-state index in [0.29, 0.717) is 19.7 Å². The van der Waals surface area contributed by atoms with Crippen molar-refractivity contribution in [3.8, 4) is 0 Å². The quantitative estimate of drug-likeness (QED) is 0.870. The molecule has 1 N–H and O–H groups in total. The Hall–Kier alpha value is -0.810. The smallest absolute Gasteiger partial charge is 0.317 e. The maximum Gasteiger partial charge on any atom is 0.317 e. The van der Waals surface area contributed by atoms with Crippen LogP contribution in [0.4, 0.5) is 4.79 Å². The summed E-state index contributed by atoms with van der Waals surface area (Å²) in [5.41, 5.74) is -0.136. The molecule has 0 aromatic heterocycles. The van der Waals surface area contributed by atoms with Crippen LogP contribution in [0, 0.1) is 5.92 Å². The van der Waals surface area contributed by atoms with Crippen LogP contribution in [0.2, 0.25) is 0 Å². The van der Waals surface area contributed by atoms with Crippen LogP contribution in [-0.4, -0.2) is 67.3 Å². The normalized spacial score (nSPS) is 32.1. The van der Waals surface area contributed by atoms with E-state index >= 15 is 0 Å². The highest BCUT2D eigenvalue weighted by molar-refractivity contribution is 5.74. The summed E-state index contributed by atoms with van der Waals surface area (Å²) >= 11 is 0. The Morgan fingerprint density at radius 3 is 2.73 bits per heavy atom. The maximum absolute atomic E-state index is 12.5. The van der Waals surface area contributed by atoms with Gasteiger partial charge in [0.25, 0.3) is 0 Å². The Morgan fingerprint density at radius 1 is 1.41 bits per heavy atom. The van der Waals surface area contributed by atoms with Gasteiger partial charge in [-0.05, 0) is 46.7 Å². The zero-order valence-electron chi connectivity index (χ0n) is 14.9. The summed E-state index contributed by atoms with van der Waals surface area (Å²) in [7, 11) is 4.28. The van der Waals surface area contributed by atoms with Crippen molar-refractivity contribution in [2.75, 3.05) is 40.3 Å². The number of hydrogen-bond donors (Lipinski definition) is 1. The van der Waals surface area contributed by atoms with E-state index in [2.05, 4.69) is 31.2 Å². The number of likely N-dealkylation sites (N-methyl/N-ethyl adjacent to an activating group) is 1. The first-order valence-corrected chi connectivity index (χ1v) is 8.58. The number of carbonyl (C=O) groups excluding carboxylic acids is 1. The van der Waals surface area contributed by atoms with E-state index in [1.807, 2.05) is 18.7 Å². The van der Waals surface area contributed by atoms with E-state index in [9.17, 15) is 4.79 Å². The van der Waals surface area contributed by atoms with Crippen LogP contribution in [0.5, 0.6) is 0 Å². The number of morpholine rings is 1. The Morgan fingerprint density at radius 2 is 2.14 bits per heavy atom. The molecule has 1 aliphatic carbocycles. The maximum atomic E-state index is 12.5. The average molecular weight is 311 g/mol. The number of amides is 2. The molecule has 1 aliphatic heterocycles. The highest BCUT2D eigenvalue weighted by Gasteiger charge is 2.38. The van der Waals surface area contributed by atoms with Gasteiger partial charge in [-0.15, -0.1) is 0 Å². The van der Waals surface area contributed by atoms with Gasteiger partial charge >= 0.3 is 6.03 Å². The van der Waals surface area contributed by atoms with Gasteiger partial charge in [0.05, 0.1) is 18.8 Å². The number of carbonyl (C=O) groups is 1. The lowest BCUT2D eigenvalue weighted by Gasteiger charge is -2.46. The molecular weight excluding hydrogens is 278 g/mol. The fourth-order valence-corrected chi connectivity index (χ4v) is 3.90. The zero-order valence-corrected chi connectivity index (χ0v) is 14.9. The van der Waals surface area contributed by atoms with Crippen LogP contribution >= 0.6 is 0 Å². The molecule has 2 rings (SSSR count). The third kappa shape index (κ3) is 4.13. The second-order valence-electron chi connectivity index (χ2n) is 8.01. The van der Waals surface area contributed by atoms with Gasteiger partial charge in [-0.25, -0.2) is 4.79 Å². The Kier molecular flexibility index (Phi) is 5.38. The fraction of sp³-hybridized carbons (Fsp3) is 0.941. The molecule has 0 spiro atoms. The van der Waals surface area contributed by atoms with Crippen molar-refractivity contribution >= 4 is 6.03 Å². The van der Waals surface area contributed by atoms with Gasteiger partial charge < -0.3 is 19.9 Å². The van der Waals surface area contributed by atoms with Gasteiger partial charge in [0.1, 0.15) is 0 Å². The minimum atomic E-state index is -0.242. The molecule has 0 bridgehead atoms. The van der Waals surface area contributed by atoms with Crippen molar-refractivity contribution in [3.05, 3.63) is 0 Å². The first kappa shape index (κ1) is 17.5. The molecule has 128 valence electrons. The molecule has 0 aromatic rings. The molecule has 22 heavy (non-hydrogen) atoms. The minimum absolute atomic E-state index is 0.0517. The molecule has 2 aliphatic rings. The summed E-state index contributed by atoms with van der Waals surface area (Å²) < 4.78 is 5.68. The van der Waals surface area contributed by atoms with E-state index in [4.69, 9.17) is 4.74 Å². The molecule has 0 radical (unpaired) electrons. The number of nitrogens with one attached hydrogen (secondary N) is 1. The lowest BCUT2D eigenvalue weighted by atomic mass is 9.75. The molecule has 2 fully saturated rings. The van der Waals surface area contributed by atoms with Gasteiger partial charge in [-0.2, -0.15) is 0 Å². The first-order chi connectivity index (χ1) is 10.2. The van der Waals surface area contributed by atoms with E-state index in [1.54, 1.807) is 0 Å². The van der Waals surface area contributed by atoms with E-state index in [1.165, 1.54) is 19.3 Å². The van der Waals surface area contributed by atoms with Crippen molar-refractivity contribution < 1.29 is 9.53 Å². The zero-order chi connectivity index (χ0) is 16.4. The monoisotopic (exact) mass is 311 g/mol. The average Bonchev–Trinajstić information content (AvgIpc) is 2.43. The summed E-state index contributed by atoms with van der Waals surface area (Å²) in [4.78, 5) is 16.7. The number of hydrogen-bond acceptors (Lipinski definition) is 3. The summed E-state index contributed by atoms with van der Waals surface area (Å²) in [6, 6.07) is 0.0517. The fourth-order valence-electron chi connectivity index (χ4n) is 3.90. The topological polar surface area (TPSA) is 44.8 Å². The van der Waals surface area contributed by atoms with Crippen LogP contribution in [-0.2, 0) is 4.74 Å². The van der Waals surface area contributed by atoms with Crippen LogP contribution in [0.3, 0.4) is 0 Å². The SMILES string of the molecule is C[C@H]1CCC[C@](CNC(=O)N2CCOC(C)(C)C2)(N(C)C)C1. The van der Waals surface area contributed by atoms with Crippen molar-refractivity contribution in [1.82, 2.24) is 15.1 Å². The molecule has 0 unspecified atom stereocenters. The summed E-state index contributed by atoms with van der Waals surface area (Å²) in [5, 5.41) is 3.19. The van der Waals surface area contributed by atoms with Crippen molar-refractivity contribution in [2.45, 2.75) is 57.6 Å². The highest BCUT2D eigenvalue weighted by atomic mass is 16.5. The Balaban J connectivity index is 1.93. The number of rotatable bonds is 3. The van der Waals surface area contributed by atoms with Crippen LogP contribution < -0.4 is 5.32 Å². The third-order valence-corrected chi connectivity index (χ3v) is 5.30. The Bertz CT molecular complexity index is 397. The lowest BCUT2D eigenvalue weighted by molar-refractivity contribution is -0.0736. The second-order valence-corrected chi connectivity index (χ2v) is 8.01. The van der Waals surface area contributed by atoms with E-state index < -0.39 is 0 Å². The molecule has 2 atom stereocenters. The van der Waals surface area contributed by atoms with Crippen molar-refractivity contribution in [1.29, 1.82) is 0 Å². The van der Waals surface area contributed by atoms with E-state index in [-0.39, 0.29) is 17.2 Å². The number of urea groups is 1. The largest absolute Gasteiger partial charge is 0.372 e. The summed E-state index contributed by atoms with van der Waals surface area (Å²) in [6.07, 6.45) is 4.88. The van der Waals surface area contributed by atoms with Gasteiger partial charge in [-0.3, -0.25) is 0 Å². The van der Waals surface area contributed by atoms with Gasteiger partial charge in [-0.1, -0.05) is 19.8 Å². The first-order valence-electron chi connectivity index (χ1n) is 8.58. The molecule has 5 nitrogen and oxygen atoms in total. The van der Waals surface area contributed by atoms with Gasteiger partial charge in [0.2, 0.25) is 0 Å². The second kappa shape index (κ2) is 6.75. The predicted octanol–water partition coefficient (Wildman–Crippen LogP) is 2.32. The molecule has 1 saturated carbocycles.